The van der Waals surface area contributed by atoms with Crippen molar-refractivity contribution in [3.8, 4) is 27.3 Å². The minimum Gasteiger partial charge on any atom is -0.507 e. The van der Waals surface area contributed by atoms with Gasteiger partial charge in [-0.3, -0.25) is 19.2 Å². The molecular weight excluding hydrogens is 1050 g/mol. The first-order chi connectivity index (χ1) is 37.4. The number of phenols is 1. The van der Waals surface area contributed by atoms with Gasteiger partial charge < -0.3 is 60.0 Å². The van der Waals surface area contributed by atoms with E-state index in [2.05, 4.69) is 36.2 Å². The SMILES string of the molecule is Cc1ncsc1-c1ccc([C@H](C)NC(=O)[C@@H]2CCCN2C(=O)[C@@H](NC(=O)COCCOCCOCCOCCN(C)C(=O)CCNc2nc(N3CCNCC3)c3cc(Cl)c(-c4c(O)cccc4F)c(F)c3n2)C(C)(C)C)cc1. The van der Waals surface area contributed by atoms with Crippen LogP contribution in [-0.2, 0) is 38.1 Å². The zero-order valence-corrected chi connectivity index (χ0v) is 46.7. The second kappa shape index (κ2) is 28.1. The molecule has 2 fully saturated rings. The number of carbonyl (C=O) groups is 4. The maximum absolute atomic E-state index is 16.3. The van der Waals surface area contributed by atoms with Crippen LogP contribution in [0, 0.1) is 24.0 Å². The molecule has 5 N–H and O–H groups in total. The van der Waals surface area contributed by atoms with Gasteiger partial charge in [-0.15, -0.1) is 11.3 Å². The molecule has 0 unspecified atom stereocenters. The normalized spacial score (nSPS) is 15.6. The van der Waals surface area contributed by atoms with Crippen LogP contribution in [0.3, 0.4) is 0 Å². The standard InChI is InChI=1S/C55H71ClF2N10O9S/c1-34(36-12-14-37(15-13-36)49-35(2)61-33-78-49)62-52(72)41-10-8-20-68(41)53(73)50(55(3,4)5)63-43(70)32-77-30-29-76-28-27-75-26-25-74-24-23-66(6)44(71)16-17-60-54-64-48-38(51(65-54)67-21-18-59-19-22-67)31-39(56)45(47(48)58)46-40(57)9-7-11-42(46)69/h7,9,11-15,31,33-34,41,50,59,69H,8,10,16-30,32H2,1-6H3,(H,62,72)(H,63,70)(H,60,64,65)/t34-,41-,50+/m0/s1. The number of benzene rings is 3. The van der Waals surface area contributed by atoms with Gasteiger partial charge in [0, 0.05) is 70.2 Å². The molecule has 2 aromatic heterocycles. The van der Waals surface area contributed by atoms with Crippen molar-refractivity contribution < 1.29 is 52.0 Å². The van der Waals surface area contributed by atoms with Gasteiger partial charge in [0.15, 0.2) is 5.82 Å². The zero-order valence-electron chi connectivity index (χ0n) is 45.1. The number of likely N-dealkylation sites (N-methyl/N-ethyl adjacent to an activating group) is 1. The molecule has 19 nitrogen and oxygen atoms in total. The third kappa shape index (κ3) is 15.6. The lowest BCUT2D eigenvalue weighted by Crippen LogP contribution is -2.58. The summed E-state index contributed by atoms with van der Waals surface area (Å²) >= 11 is 8.13. The summed E-state index contributed by atoms with van der Waals surface area (Å²) in [4.78, 5) is 73.3. The molecule has 2 aliphatic rings. The van der Waals surface area contributed by atoms with E-state index in [1.54, 1.807) is 23.3 Å². The Morgan fingerprint density at radius 2 is 1.60 bits per heavy atom. The van der Waals surface area contributed by atoms with Crippen molar-refractivity contribution in [2.75, 3.05) is 116 Å². The molecule has 5 aromatic rings. The average Bonchev–Trinajstić information content (AvgIpc) is 4.13. The van der Waals surface area contributed by atoms with Crippen molar-refractivity contribution in [3.63, 3.8) is 0 Å². The molecule has 78 heavy (non-hydrogen) atoms. The molecule has 0 radical (unpaired) electrons. The van der Waals surface area contributed by atoms with Gasteiger partial charge in [0.2, 0.25) is 29.6 Å². The number of likely N-dealkylation sites (tertiary alicyclic amines) is 1. The topological polar surface area (TPSA) is 222 Å². The van der Waals surface area contributed by atoms with Crippen LogP contribution in [0.2, 0.25) is 5.02 Å². The molecule has 422 valence electrons. The van der Waals surface area contributed by atoms with E-state index in [0.717, 1.165) is 27.8 Å². The number of fused-ring (bicyclic) bond motifs is 1. The predicted octanol–water partition coefficient (Wildman–Crippen LogP) is 6.50. The molecule has 2 saturated heterocycles. The molecule has 7 rings (SSSR count). The highest BCUT2D eigenvalue weighted by molar-refractivity contribution is 7.13. The highest BCUT2D eigenvalue weighted by Crippen LogP contribution is 2.42. The number of carbonyl (C=O) groups excluding carboxylic acids is 4. The van der Waals surface area contributed by atoms with Gasteiger partial charge in [-0.05, 0) is 61.4 Å². The van der Waals surface area contributed by atoms with E-state index in [1.165, 1.54) is 23.1 Å². The van der Waals surface area contributed by atoms with Crippen LogP contribution in [0.4, 0.5) is 20.5 Å². The monoisotopic (exact) mass is 1120 g/mol. The minimum atomic E-state index is -0.914. The Bertz CT molecular complexity index is 2830. The van der Waals surface area contributed by atoms with Crippen molar-refractivity contribution in [1.82, 2.24) is 40.7 Å². The van der Waals surface area contributed by atoms with Crippen LogP contribution in [-0.4, -0.2) is 171 Å². The maximum atomic E-state index is 16.3. The van der Waals surface area contributed by atoms with Gasteiger partial charge in [-0.2, -0.15) is 4.98 Å². The highest BCUT2D eigenvalue weighted by Gasteiger charge is 2.42. The summed E-state index contributed by atoms with van der Waals surface area (Å²) in [7, 11) is 1.66. The summed E-state index contributed by atoms with van der Waals surface area (Å²) < 4.78 is 53.6. The van der Waals surface area contributed by atoms with E-state index < -0.39 is 40.8 Å². The smallest absolute Gasteiger partial charge is 0.246 e. The Morgan fingerprint density at radius 3 is 2.26 bits per heavy atom. The summed E-state index contributed by atoms with van der Waals surface area (Å²) in [6.45, 7) is 14.4. The number of amides is 4. The van der Waals surface area contributed by atoms with Crippen molar-refractivity contribution in [2.24, 2.45) is 5.41 Å². The maximum Gasteiger partial charge on any atom is 0.246 e. The Hall–Kier alpha value is -6.14. The molecule has 23 heteroatoms. The van der Waals surface area contributed by atoms with Gasteiger partial charge in [0.05, 0.1) is 79.0 Å². The largest absolute Gasteiger partial charge is 0.507 e. The van der Waals surface area contributed by atoms with Gasteiger partial charge in [-0.25, -0.2) is 18.7 Å². The number of rotatable bonds is 26. The molecule has 0 saturated carbocycles. The lowest BCUT2D eigenvalue weighted by molar-refractivity contribution is -0.144. The number of phenolic OH excluding ortho intramolecular Hbond substituents is 1. The number of thiazole rings is 1. The molecule has 2 aliphatic heterocycles. The fraction of sp³-hybridized carbons (Fsp3) is 0.509. The zero-order chi connectivity index (χ0) is 55.9. The second-order valence-electron chi connectivity index (χ2n) is 20.2. The molecular formula is C55H71ClF2N10O9S. The van der Waals surface area contributed by atoms with Gasteiger partial charge in [-0.1, -0.05) is 62.7 Å². The Morgan fingerprint density at radius 1 is 0.923 bits per heavy atom. The van der Waals surface area contributed by atoms with Gasteiger partial charge in [0.25, 0.3) is 0 Å². The number of nitrogens with one attached hydrogen (secondary N) is 4. The number of halogens is 3. The second-order valence-corrected chi connectivity index (χ2v) is 21.5. The van der Waals surface area contributed by atoms with Crippen LogP contribution in [0.5, 0.6) is 5.75 Å². The number of nitrogens with zero attached hydrogens (tertiary/aromatic N) is 6. The lowest BCUT2D eigenvalue weighted by Gasteiger charge is -2.35. The summed E-state index contributed by atoms with van der Waals surface area (Å²) in [6.07, 6.45) is 1.27. The van der Waals surface area contributed by atoms with E-state index in [1.807, 2.05) is 69.3 Å². The molecule has 4 amide bonds. The lowest BCUT2D eigenvalue weighted by atomic mass is 9.85. The van der Waals surface area contributed by atoms with Crippen LogP contribution < -0.4 is 26.2 Å². The molecule has 4 heterocycles. The Kier molecular flexibility index (Phi) is 21.5. The van der Waals surface area contributed by atoms with E-state index in [9.17, 15) is 28.7 Å². The first kappa shape index (κ1) is 59.5. The molecule has 0 aliphatic carbocycles. The summed E-state index contributed by atoms with van der Waals surface area (Å²) in [5.74, 6) is -2.89. The van der Waals surface area contributed by atoms with Crippen LogP contribution in [0.15, 0.2) is 54.0 Å². The van der Waals surface area contributed by atoms with E-state index in [4.69, 9.17) is 30.5 Å². The first-order valence-electron chi connectivity index (χ1n) is 26.3. The van der Waals surface area contributed by atoms with Crippen LogP contribution in [0.25, 0.3) is 32.5 Å². The number of piperazine rings is 1. The third-order valence-electron chi connectivity index (χ3n) is 13.5. The average molecular weight is 1120 g/mol. The van der Waals surface area contributed by atoms with Gasteiger partial charge >= 0.3 is 0 Å². The highest BCUT2D eigenvalue weighted by atomic mass is 35.5. The number of aromatic hydroxyl groups is 1. The molecule has 3 aromatic carbocycles. The molecule has 0 spiro atoms. The number of hydrogen-bond donors (Lipinski definition) is 5. The molecule has 3 atom stereocenters. The third-order valence-corrected chi connectivity index (χ3v) is 14.8. The van der Waals surface area contributed by atoms with E-state index >= 15 is 4.39 Å². The Labute approximate surface area is 462 Å². The van der Waals surface area contributed by atoms with E-state index in [0.29, 0.717) is 83.1 Å². The number of anilines is 2. The van der Waals surface area contributed by atoms with Gasteiger partial charge in [0.1, 0.15) is 41.6 Å². The number of hydrogen-bond acceptors (Lipinski definition) is 16. The molecule has 0 bridgehead atoms. The van der Waals surface area contributed by atoms with Crippen molar-refractivity contribution >= 4 is 69.2 Å². The predicted molar refractivity (Wildman–Crippen MR) is 296 cm³/mol. The fourth-order valence-electron chi connectivity index (χ4n) is 9.20. The fourth-order valence-corrected chi connectivity index (χ4v) is 10.3. The number of aryl methyl sites for hydroxylation is 1. The quantitative estimate of drug-likeness (QED) is 0.0373. The number of aromatic nitrogens is 3. The summed E-state index contributed by atoms with van der Waals surface area (Å²) in [6, 6.07) is 11.4. The van der Waals surface area contributed by atoms with Crippen LogP contribution in [0.1, 0.15) is 64.3 Å². The van der Waals surface area contributed by atoms with Crippen molar-refractivity contribution in [1.29, 1.82) is 0 Å². The summed E-state index contributed by atoms with van der Waals surface area (Å²) in [5.41, 5.74) is 3.36. The summed E-state index contributed by atoms with van der Waals surface area (Å²) in [5, 5.41) is 22.9. The van der Waals surface area contributed by atoms with Crippen LogP contribution >= 0.6 is 22.9 Å². The first-order valence-corrected chi connectivity index (χ1v) is 27.5. The number of ether oxygens (including phenoxy) is 4. The minimum absolute atomic E-state index is 0.0724. The Balaban J connectivity index is 0.748. The van der Waals surface area contributed by atoms with Crippen molar-refractivity contribution in [2.45, 2.75) is 72.0 Å². The van der Waals surface area contributed by atoms with E-state index in [-0.39, 0.29) is 97.4 Å². The van der Waals surface area contributed by atoms with Crippen molar-refractivity contribution in [3.05, 3.63) is 82.0 Å².